The molecule has 14 nitrogen and oxygen atoms in total. The van der Waals surface area contributed by atoms with E-state index in [0.29, 0.717) is 30.0 Å². The zero-order valence-corrected chi connectivity index (χ0v) is 35.7. The molecular formula is C42H68N4O10. The van der Waals surface area contributed by atoms with Crippen LogP contribution in [0.5, 0.6) is 0 Å². The van der Waals surface area contributed by atoms with Crippen molar-refractivity contribution >= 4 is 34.8 Å². The number of cyclic esters (lactones) is 1. The third-order valence-corrected chi connectivity index (χ3v) is 11.7. The zero-order valence-electron chi connectivity index (χ0n) is 35.7. The molecule has 2 aliphatic heterocycles. The number of ketones is 1. The van der Waals surface area contributed by atoms with Crippen molar-refractivity contribution in [1.82, 2.24) is 4.90 Å². The van der Waals surface area contributed by atoms with Gasteiger partial charge in [0.25, 0.3) is 0 Å². The lowest BCUT2D eigenvalue weighted by molar-refractivity contribution is -0.295. The average Bonchev–Trinajstić information content (AvgIpc) is 3.14. The SMILES string of the molecule is CCC1OC(=O)C(C)C(=O)C(C)C(OC2OC(C)CC(N(C)C)C2O)C(C)(OC)CC(C)C(=NN=C(C)CCC(=O)Nc2ccc(C)cc2)C(C)C(O)C1(C)O. The molecule has 0 bridgehead atoms. The van der Waals surface area contributed by atoms with Crippen LogP contribution < -0.4 is 5.32 Å². The molecule has 2 aliphatic rings. The van der Waals surface area contributed by atoms with Gasteiger partial charge in [0.1, 0.15) is 23.7 Å². The van der Waals surface area contributed by atoms with Crippen LogP contribution in [0.2, 0.25) is 0 Å². The number of hydrogen-bond acceptors (Lipinski definition) is 13. The summed E-state index contributed by atoms with van der Waals surface area (Å²) < 4.78 is 24.8. The highest BCUT2D eigenvalue weighted by Gasteiger charge is 2.51. The van der Waals surface area contributed by atoms with Crippen LogP contribution in [0, 0.1) is 30.6 Å². The number of aliphatic hydroxyl groups is 3. The third-order valence-electron chi connectivity index (χ3n) is 11.7. The molecule has 56 heavy (non-hydrogen) atoms. The van der Waals surface area contributed by atoms with E-state index in [1.165, 1.54) is 21.0 Å². The lowest BCUT2D eigenvalue weighted by Crippen LogP contribution is -2.60. The summed E-state index contributed by atoms with van der Waals surface area (Å²) in [6.45, 7) is 17.2. The fourth-order valence-corrected chi connectivity index (χ4v) is 7.98. The standard InChI is InChI=1S/C42H68N4O10/c1-14-32-42(10,52)37(50)27(6)34(45-44-25(4)17-20-33(47)43-30-18-15-23(2)16-19-30)24(3)22-41(9,53-13)38(28(7)35(48)29(8)39(51)55-32)56-40-36(49)31(46(11)12)21-26(5)54-40/h15-16,18-19,24,26-29,31-32,36-38,40,49-50,52H,14,17,20-22H2,1-13H3,(H,43,47). The van der Waals surface area contributed by atoms with Crippen LogP contribution in [0.25, 0.3) is 0 Å². The van der Waals surface area contributed by atoms with Crippen molar-refractivity contribution in [2.75, 3.05) is 26.5 Å². The number of likely N-dealkylation sites (N-methyl/N-ethyl adjacent to an activating group) is 1. The second-order valence-electron chi connectivity index (χ2n) is 16.7. The van der Waals surface area contributed by atoms with E-state index in [4.69, 9.17) is 18.9 Å². The van der Waals surface area contributed by atoms with Crippen LogP contribution >= 0.6 is 0 Å². The Hall–Kier alpha value is -3.11. The van der Waals surface area contributed by atoms with Gasteiger partial charge in [-0.1, -0.05) is 45.4 Å². The molecule has 13 unspecified atom stereocenters. The number of aryl methyl sites for hydroxylation is 1. The van der Waals surface area contributed by atoms with Gasteiger partial charge in [-0.3, -0.25) is 14.4 Å². The van der Waals surface area contributed by atoms with Crippen LogP contribution in [-0.2, 0) is 33.3 Å². The summed E-state index contributed by atoms with van der Waals surface area (Å²) in [5, 5.41) is 47.2. The second-order valence-corrected chi connectivity index (χ2v) is 16.7. The van der Waals surface area contributed by atoms with E-state index in [9.17, 15) is 29.7 Å². The molecule has 13 atom stereocenters. The number of Topliss-reactive ketones (excluding diaryl/α,β-unsaturated/α-hetero) is 1. The quantitative estimate of drug-likeness (QED) is 0.111. The van der Waals surface area contributed by atoms with Crippen molar-refractivity contribution in [3.8, 4) is 0 Å². The van der Waals surface area contributed by atoms with Crippen molar-refractivity contribution in [2.24, 2.45) is 33.9 Å². The Morgan fingerprint density at radius 3 is 2.23 bits per heavy atom. The fourth-order valence-electron chi connectivity index (χ4n) is 7.98. The summed E-state index contributed by atoms with van der Waals surface area (Å²) in [5.41, 5.74) is -0.453. The number of anilines is 1. The van der Waals surface area contributed by atoms with E-state index >= 15 is 0 Å². The van der Waals surface area contributed by atoms with E-state index in [2.05, 4.69) is 15.5 Å². The van der Waals surface area contributed by atoms with Crippen LogP contribution in [0.3, 0.4) is 0 Å². The molecule has 4 N–H and O–H groups in total. The molecule has 14 heteroatoms. The number of nitrogens with one attached hydrogen (secondary N) is 1. The molecule has 316 valence electrons. The van der Waals surface area contributed by atoms with Gasteiger partial charge in [-0.05, 0) is 99.4 Å². The first-order valence-corrected chi connectivity index (χ1v) is 19.9. The largest absolute Gasteiger partial charge is 0.459 e. The van der Waals surface area contributed by atoms with Gasteiger partial charge < -0.3 is 44.5 Å². The number of amides is 1. The number of rotatable bonds is 10. The van der Waals surface area contributed by atoms with E-state index in [0.717, 1.165) is 5.56 Å². The van der Waals surface area contributed by atoms with Gasteiger partial charge in [-0.25, -0.2) is 0 Å². The second kappa shape index (κ2) is 20.0. The number of benzene rings is 1. The Bertz CT molecular complexity index is 1550. The van der Waals surface area contributed by atoms with Crippen molar-refractivity contribution in [1.29, 1.82) is 0 Å². The molecule has 0 saturated carbocycles. The van der Waals surface area contributed by atoms with Crippen molar-refractivity contribution in [3.05, 3.63) is 29.8 Å². The maximum Gasteiger partial charge on any atom is 0.316 e. The third kappa shape index (κ3) is 11.5. The van der Waals surface area contributed by atoms with Gasteiger partial charge in [-0.15, -0.1) is 0 Å². The van der Waals surface area contributed by atoms with Gasteiger partial charge in [-0.2, -0.15) is 10.2 Å². The maximum atomic E-state index is 14.2. The molecule has 0 aliphatic carbocycles. The number of ether oxygens (including phenoxy) is 4. The fraction of sp³-hybridized carbons (Fsp3) is 0.738. The average molecular weight is 789 g/mol. The topological polar surface area (TPSA) is 189 Å². The molecule has 2 heterocycles. The summed E-state index contributed by atoms with van der Waals surface area (Å²) in [4.78, 5) is 42.4. The molecule has 1 aromatic rings. The molecule has 2 fully saturated rings. The predicted molar refractivity (Wildman–Crippen MR) is 215 cm³/mol. The smallest absolute Gasteiger partial charge is 0.316 e. The highest BCUT2D eigenvalue weighted by atomic mass is 16.7. The van der Waals surface area contributed by atoms with E-state index in [1.807, 2.05) is 64.0 Å². The minimum atomic E-state index is -1.94. The van der Waals surface area contributed by atoms with Crippen LogP contribution in [0.1, 0.15) is 100.0 Å². The summed E-state index contributed by atoms with van der Waals surface area (Å²) in [6.07, 6.45) is -4.78. The first-order chi connectivity index (χ1) is 26.1. The van der Waals surface area contributed by atoms with Gasteiger partial charge >= 0.3 is 5.97 Å². The minimum Gasteiger partial charge on any atom is -0.459 e. The van der Waals surface area contributed by atoms with E-state index in [1.54, 1.807) is 34.6 Å². The summed E-state index contributed by atoms with van der Waals surface area (Å²) >= 11 is 0. The number of carbonyl (C=O) groups is 3. The Labute approximate surface area is 333 Å². The number of methoxy groups -OCH3 is 1. The lowest BCUT2D eigenvalue weighted by Gasteiger charge is -2.47. The van der Waals surface area contributed by atoms with E-state index in [-0.39, 0.29) is 37.3 Å². The van der Waals surface area contributed by atoms with Crippen molar-refractivity contribution in [3.63, 3.8) is 0 Å². The van der Waals surface area contributed by atoms with Crippen LogP contribution in [-0.4, -0.2) is 125 Å². The molecule has 0 aromatic heterocycles. The molecule has 1 aromatic carbocycles. The summed E-state index contributed by atoms with van der Waals surface area (Å²) in [7, 11) is 5.24. The van der Waals surface area contributed by atoms with Gasteiger partial charge in [0.15, 0.2) is 12.1 Å². The Morgan fingerprint density at radius 1 is 1.04 bits per heavy atom. The summed E-state index contributed by atoms with van der Waals surface area (Å²) in [6, 6.07) is 7.23. The molecule has 2 saturated heterocycles. The van der Waals surface area contributed by atoms with Crippen molar-refractivity contribution < 1.29 is 48.7 Å². The number of nitrogens with zero attached hydrogens (tertiary/aromatic N) is 3. The Morgan fingerprint density at radius 2 is 1.66 bits per heavy atom. The summed E-state index contributed by atoms with van der Waals surface area (Å²) in [5.74, 6) is -5.05. The molecule has 0 radical (unpaired) electrons. The number of hydrogen-bond donors (Lipinski definition) is 4. The lowest BCUT2D eigenvalue weighted by atomic mass is 9.74. The monoisotopic (exact) mass is 788 g/mol. The van der Waals surface area contributed by atoms with Gasteiger partial charge in [0, 0.05) is 48.5 Å². The Balaban J connectivity index is 2.09. The Kier molecular flexibility index (Phi) is 16.9. The zero-order chi connectivity index (χ0) is 42.3. The molecular weight excluding hydrogens is 720 g/mol. The first-order valence-electron chi connectivity index (χ1n) is 19.9. The highest BCUT2D eigenvalue weighted by Crippen LogP contribution is 2.38. The number of carbonyl (C=O) groups excluding carboxylic acids is 3. The molecule has 0 spiro atoms. The van der Waals surface area contributed by atoms with Crippen LogP contribution in [0.4, 0.5) is 5.69 Å². The van der Waals surface area contributed by atoms with E-state index < -0.39 is 77.3 Å². The minimum absolute atomic E-state index is 0.151. The van der Waals surface area contributed by atoms with Crippen molar-refractivity contribution in [2.45, 2.75) is 155 Å². The first kappa shape index (κ1) is 47.3. The molecule has 3 rings (SSSR count). The number of aliphatic hydroxyl groups excluding tert-OH is 2. The number of esters is 1. The molecule has 1 amide bonds. The normalized spacial score (nSPS) is 37.6. The van der Waals surface area contributed by atoms with Crippen LogP contribution in [0.15, 0.2) is 34.5 Å². The van der Waals surface area contributed by atoms with Gasteiger partial charge in [0.2, 0.25) is 5.91 Å². The predicted octanol–water partition coefficient (Wildman–Crippen LogP) is 4.70. The highest BCUT2D eigenvalue weighted by molar-refractivity contribution is 6.00. The maximum absolute atomic E-state index is 14.2. The van der Waals surface area contributed by atoms with Gasteiger partial charge in [0.05, 0.1) is 23.9 Å².